The van der Waals surface area contributed by atoms with E-state index in [0.29, 0.717) is 17.3 Å². The van der Waals surface area contributed by atoms with Crippen molar-refractivity contribution in [1.29, 1.82) is 0 Å². The second-order valence-corrected chi connectivity index (χ2v) is 6.69. The van der Waals surface area contributed by atoms with E-state index in [1.807, 2.05) is 57.2 Å². The van der Waals surface area contributed by atoms with Crippen LogP contribution in [0.15, 0.2) is 57.7 Å². The number of anilines is 1. The number of fused-ring (bicyclic) bond motifs is 1. The lowest BCUT2D eigenvalue weighted by Gasteiger charge is -2.18. The van der Waals surface area contributed by atoms with E-state index < -0.39 is 0 Å². The molecule has 3 rings (SSSR count). The van der Waals surface area contributed by atoms with Crippen molar-refractivity contribution in [3.05, 3.63) is 70.1 Å². The first-order valence-electron chi connectivity index (χ1n) is 8.81. The minimum absolute atomic E-state index is 0.0290. The molecule has 0 saturated carbocycles. The van der Waals surface area contributed by atoms with Gasteiger partial charge in [0, 0.05) is 23.2 Å². The molecule has 1 heterocycles. The summed E-state index contributed by atoms with van der Waals surface area (Å²) in [5.41, 5.74) is 2.92. The highest BCUT2D eigenvalue weighted by molar-refractivity contribution is 7.80. The van der Waals surface area contributed by atoms with Crippen LogP contribution in [-0.2, 0) is 0 Å². The number of aryl methyl sites for hydroxylation is 1. The highest BCUT2D eigenvalue weighted by Gasteiger charge is 2.09. The molecular formula is C21H22N2O3S. The predicted molar refractivity (Wildman–Crippen MR) is 113 cm³/mol. The number of rotatable bonds is 5. The van der Waals surface area contributed by atoms with Crippen LogP contribution >= 0.6 is 12.2 Å². The molecule has 0 amide bonds. The number of hydrogen-bond donors (Lipinski definition) is 2. The fraction of sp³-hybridized carbons (Fsp3) is 0.238. The Kier molecular flexibility index (Phi) is 5.76. The standard InChI is InChI=1S/C21H22N2O3S/c1-4-25-17-8-5-15(6-9-17)14(3)22-21(27)23-16-7-10-18-13(2)11-20(24)26-19(18)12-16/h5-12,14H,4H2,1-3H3,(H2,22,23,27). The zero-order valence-electron chi connectivity index (χ0n) is 15.5. The maximum Gasteiger partial charge on any atom is 0.336 e. The van der Waals surface area contributed by atoms with Crippen LogP contribution in [0.3, 0.4) is 0 Å². The van der Waals surface area contributed by atoms with Gasteiger partial charge in [0.15, 0.2) is 5.11 Å². The number of nitrogens with one attached hydrogen (secondary N) is 2. The molecule has 1 aromatic heterocycles. The molecule has 5 nitrogen and oxygen atoms in total. The van der Waals surface area contributed by atoms with E-state index in [4.69, 9.17) is 21.4 Å². The number of thiocarbonyl (C=S) groups is 1. The van der Waals surface area contributed by atoms with E-state index >= 15 is 0 Å². The van der Waals surface area contributed by atoms with E-state index in [9.17, 15) is 4.79 Å². The van der Waals surface area contributed by atoms with Gasteiger partial charge in [-0.2, -0.15) is 0 Å². The van der Waals surface area contributed by atoms with Crippen molar-refractivity contribution >= 4 is 34.0 Å². The van der Waals surface area contributed by atoms with Crippen molar-refractivity contribution in [1.82, 2.24) is 5.32 Å². The first kappa shape index (κ1) is 18.9. The molecule has 140 valence electrons. The minimum Gasteiger partial charge on any atom is -0.494 e. The van der Waals surface area contributed by atoms with Gasteiger partial charge in [-0.25, -0.2) is 4.79 Å². The van der Waals surface area contributed by atoms with E-state index in [2.05, 4.69) is 10.6 Å². The summed E-state index contributed by atoms with van der Waals surface area (Å²) in [5.74, 6) is 0.849. The number of ether oxygens (including phenoxy) is 1. The van der Waals surface area contributed by atoms with Crippen LogP contribution in [-0.4, -0.2) is 11.7 Å². The summed E-state index contributed by atoms with van der Waals surface area (Å²) in [5, 5.41) is 7.79. The molecule has 27 heavy (non-hydrogen) atoms. The minimum atomic E-state index is -0.359. The fourth-order valence-electron chi connectivity index (χ4n) is 2.87. The average molecular weight is 382 g/mol. The van der Waals surface area contributed by atoms with E-state index in [1.54, 1.807) is 6.07 Å². The lowest BCUT2D eigenvalue weighted by Crippen LogP contribution is -2.30. The zero-order chi connectivity index (χ0) is 19.4. The molecule has 3 aromatic rings. The smallest absolute Gasteiger partial charge is 0.336 e. The molecule has 0 radical (unpaired) electrons. The summed E-state index contributed by atoms with van der Waals surface area (Å²) in [6, 6.07) is 15.0. The van der Waals surface area contributed by atoms with E-state index in [-0.39, 0.29) is 11.7 Å². The van der Waals surface area contributed by atoms with Crippen LogP contribution in [0.4, 0.5) is 5.69 Å². The Morgan fingerprint density at radius 1 is 1.19 bits per heavy atom. The zero-order valence-corrected chi connectivity index (χ0v) is 16.4. The van der Waals surface area contributed by atoms with E-state index in [1.165, 1.54) is 6.07 Å². The highest BCUT2D eigenvalue weighted by Crippen LogP contribution is 2.21. The normalized spacial score (nSPS) is 11.8. The third-order valence-electron chi connectivity index (χ3n) is 4.25. The molecule has 0 bridgehead atoms. The summed E-state index contributed by atoms with van der Waals surface area (Å²) in [6.45, 7) is 6.53. The SMILES string of the molecule is CCOc1ccc(C(C)NC(=S)Nc2ccc3c(C)cc(=O)oc3c2)cc1. The van der Waals surface area contributed by atoms with Gasteiger partial charge < -0.3 is 19.8 Å². The maximum absolute atomic E-state index is 11.6. The van der Waals surface area contributed by atoms with Crippen LogP contribution in [0, 0.1) is 6.92 Å². The Hall–Kier alpha value is -2.86. The third-order valence-corrected chi connectivity index (χ3v) is 4.47. The number of hydrogen-bond acceptors (Lipinski definition) is 4. The van der Waals surface area contributed by atoms with Crippen molar-refractivity contribution in [3.8, 4) is 5.75 Å². The molecule has 0 aliphatic carbocycles. The lowest BCUT2D eigenvalue weighted by atomic mass is 10.1. The topological polar surface area (TPSA) is 63.5 Å². The van der Waals surface area contributed by atoms with Gasteiger partial charge in [0.05, 0.1) is 12.6 Å². The van der Waals surface area contributed by atoms with Crippen LogP contribution < -0.4 is 21.0 Å². The van der Waals surface area contributed by atoms with Crippen molar-refractivity contribution in [2.75, 3.05) is 11.9 Å². The molecule has 0 fully saturated rings. The second-order valence-electron chi connectivity index (χ2n) is 6.28. The molecule has 6 heteroatoms. The third kappa shape index (κ3) is 4.65. The van der Waals surface area contributed by atoms with Crippen LogP contribution in [0.1, 0.15) is 31.0 Å². The van der Waals surface area contributed by atoms with Gasteiger partial charge in [-0.15, -0.1) is 0 Å². The van der Waals surface area contributed by atoms with E-state index in [0.717, 1.165) is 28.0 Å². The summed E-state index contributed by atoms with van der Waals surface area (Å²) >= 11 is 5.41. The molecule has 1 atom stereocenters. The van der Waals surface area contributed by atoms with Crippen molar-refractivity contribution in [2.45, 2.75) is 26.8 Å². The van der Waals surface area contributed by atoms with Crippen molar-refractivity contribution < 1.29 is 9.15 Å². The Morgan fingerprint density at radius 3 is 2.63 bits per heavy atom. The molecule has 2 aromatic carbocycles. The van der Waals surface area contributed by atoms with Crippen molar-refractivity contribution in [3.63, 3.8) is 0 Å². The van der Waals surface area contributed by atoms with Gasteiger partial charge in [-0.05, 0) is 68.4 Å². The van der Waals surface area contributed by atoms with Gasteiger partial charge in [0.1, 0.15) is 11.3 Å². The number of benzene rings is 2. The van der Waals surface area contributed by atoms with Crippen LogP contribution in [0.2, 0.25) is 0 Å². The summed E-state index contributed by atoms with van der Waals surface area (Å²) in [6.07, 6.45) is 0. The van der Waals surface area contributed by atoms with Gasteiger partial charge in [-0.3, -0.25) is 0 Å². The largest absolute Gasteiger partial charge is 0.494 e. The van der Waals surface area contributed by atoms with Gasteiger partial charge >= 0.3 is 5.63 Å². The highest BCUT2D eigenvalue weighted by atomic mass is 32.1. The maximum atomic E-state index is 11.6. The summed E-state index contributed by atoms with van der Waals surface area (Å²) < 4.78 is 10.7. The Bertz CT molecular complexity index is 1010. The monoisotopic (exact) mass is 382 g/mol. The fourth-order valence-corrected chi connectivity index (χ4v) is 3.16. The summed E-state index contributed by atoms with van der Waals surface area (Å²) in [7, 11) is 0. The van der Waals surface area contributed by atoms with Crippen LogP contribution in [0.5, 0.6) is 5.75 Å². The quantitative estimate of drug-likeness (QED) is 0.499. The molecule has 2 N–H and O–H groups in total. The first-order chi connectivity index (χ1) is 13.0. The second kappa shape index (κ2) is 8.22. The molecule has 1 unspecified atom stereocenters. The van der Waals surface area contributed by atoms with Gasteiger partial charge in [-0.1, -0.05) is 12.1 Å². The molecule has 0 aliphatic heterocycles. The molecule has 0 aliphatic rings. The molecule has 0 saturated heterocycles. The lowest BCUT2D eigenvalue weighted by molar-refractivity contribution is 0.340. The predicted octanol–water partition coefficient (Wildman–Crippen LogP) is 4.55. The summed E-state index contributed by atoms with van der Waals surface area (Å²) in [4.78, 5) is 11.6. The molecule has 0 spiro atoms. The Morgan fingerprint density at radius 2 is 1.93 bits per heavy atom. The Labute approximate surface area is 163 Å². The average Bonchev–Trinajstić information content (AvgIpc) is 2.62. The van der Waals surface area contributed by atoms with Gasteiger partial charge in [0.25, 0.3) is 0 Å². The van der Waals surface area contributed by atoms with Crippen LogP contribution in [0.25, 0.3) is 11.0 Å². The first-order valence-corrected chi connectivity index (χ1v) is 9.22. The Balaban J connectivity index is 1.68. The van der Waals surface area contributed by atoms with Gasteiger partial charge in [0.2, 0.25) is 0 Å². The molecular weight excluding hydrogens is 360 g/mol. The van der Waals surface area contributed by atoms with Crippen molar-refractivity contribution in [2.24, 2.45) is 0 Å².